The van der Waals surface area contributed by atoms with Gasteiger partial charge in [-0.25, -0.2) is 0 Å². The number of benzene rings is 5. The average Bonchev–Trinajstić information content (AvgIpc) is 4.12. The van der Waals surface area contributed by atoms with Crippen molar-refractivity contribution in [3.8, 4) is 11.1 Å². The molecule has 0 bridgehead atoms. The van der Waals surface area contributed by atoms with Crippen LogP contribution >= 0.6 is 0 Å². The molecule has 3 heterocycles. The average molecular weight is 1000 g/mol. The zero-order chi connectivity index (χ0) is 53.3. The molecule has 0 radical (unpaired) electrons. The highest BCUT2D eigenvalue weighted by Crippen LogP contribution is 2.66. The first-order valence-corrected chi connectivity index (χ1v) is 29.6. The molecule has 0 saturated heterocycles. The van der Waals surface area contributed by atoms with Crippen molar-refractivity contribution in [3.05, 3.63) is 152 Å². The van der Waals surface area contributed by atoms with Gasteiger partial charge in [-0.05, 0) is 218 Å². The van der Waals surface area contributed by atoms with E-state index in [-0.39, 0.29) is 44.6 Å². The van der Waals surface area contributed by atoms with Gasteiger partial charge in [0.05, 0.1) is 17.0 Å². The number of fused-ring (bicyclic) bond motifs is 10. The van der Waals surface area contributed by atoms with E-state index in [0.29, 0.717) is 11.8 Å². The highest BCUT2D eigenvalue weighted by atomic mass is 16.3. The van der Waals surface area contributed by atoms with E-state index in [0.717, 1.165) is 24.1 Å². The molecule has 2 atom stereocenters. The Morgan fingerprint density at radius 3 is 1.83 bits per heavy atom. The maximum Gasteiger partial charge on any atom is 0.296 e. The Balaban J connectivity index is 1.11. The van der Waals surface area contributed by atoms with Crippen molar-refractivity contribution in [3.63, 3.8) is 0 Å². The molecule has 0 amide bonds. The lowest BCUT2D eigenvalue weighted by Crippen LogP contribution is -2.56. The van der Waals surface area contributed by atoms with Gasteiger partial charge in [-0.2, -0.15) is 0 Å². The predicted molar refractivity (Wildman–Crippen MR) is 324 cm³/mol. The van der Waals surface area contributed by atoms with Crippen LogP contribution in [-0.2, 0) is 21.7 Å². The number of rotatable bonds is 3. The summed E-state index contributed by atoms with van der Waals surface area (Å²) < 4.78 is 7.85. The largest absolute Gasteiger partial charge is 0.468 e. The van der Waals surface area contributed by atoms with Crippen LogP contribution in [-0.4, -0.2) is 6.71 Å². The predicted octanol–water partition coefficient (Wildman–Crippen LogP) is 18.7. The number of hydrogen-bond donors (Lipinski definition) is 0. The fraction of sp³-hybridized carbons (Fsp3) is 0.472. The lowest BCUT2D eigenvalue weighted by Gasteiger charge is -2.48. The summed E-state index contributed by atoms with van der Waals surface area (Å²) in [5, 5.41) is 3.85. The fourth-order valence-electron chi connectivity index (χ4n) is 16.4. The highest BCUT2D eigenvalue weighted by Gasteiger charge is 2.57. The molecule has 8 aliphatic rings. The number of aryl methyl sites for hydroxylation is 1. The SMILES string of the molecule is Cc1cc2c3c(c1)N(C1=CC4=C(C5CC15)C(C)(C)CCC4(C)C)c1c(oc4cc5c(cc14)C(C)(C)CCC5(C)C)B3C1=C(CCC(C(C)(C)C)=C1)N2c1cc2c(cc1-c1ccc3ccccc3c1)C(C)(C)CCC2(C)C. The topological polar surface area (TPSA) is 19.6 Å². The van der Waals surface area contributed by atoms with Gasteiger partial charge in [0.15, 0.2) is 0 Å². The Hall–Kier alpha value is -5.48. The van der Waals surface area contributed by atoms with E-state index in [9.17, 15) is 0 Å². The summed E-state index contributed by atoms with van der Waals surface area (Å²) in [7, 11) is 0. The minimum Gasteiger partial charge on any atom is -0.468 e. The van der Waals surface area contributed by atoms with Crippen LogP contribution in [0.25, 0.3) is 32.9 Å². The van der Waals surface area contributed by atoms with Gasteiger partial charge in [0, 0.05) is 39.6 Å². The molecule has 76 heavy (non-hydrogen) atoms. The van der Waals surface area contributed by atoms with Crippen LogP contribution in [0.5, 0.6) is 0 Å². The van der Waals surface area contributed by atoms with Crippen LogP contribution in [0.4, 0.5) is 22.7 Å². The molecule has 6 aromatic rings. The Kier molecular flexibility index (Phi) is 9.91. The standard InChI is InChI=1S/C72H83BN2O/c1-41-31-59-63-60(32-41)75(58-39-54-62(48-35-47(48)58)72(15,16)30-29-71(54,13)14)64-49-37-51-53(70(11,12)28-26-68(51,7)8)40-61(49)76-65(64)73(63)55-34-45(66(2,3)4)23-24-56(55)74(59)57-38-52-50(67(5,6)25-27-69(52,9)10)36-46(57)44-22-21-42-19-17-18-20-43(42)33-44/h17-22,31-34,36-40,47-48H,23-30,35H2,1-16H3. The first-order valence-electron chi connectivity index (χ1n) is 29.6. The Bertz CT molecular complexity index is 3710. The van der Waals surface area contributed by atoms with E-state index in [1.807, 2.05) is 0 Å². The van der Waals surface area contributed by atoms with Crippen LogP contribution < -0.4 is 20.9 Å². The van der Waals surface area contributed by atoms with Crippen molar-refractivity contribution in [1.82, 2.24) is 0 Å². The van der Waals surface area contributed by atoms with Crippen LogP contribution in [0.15, 0.2) is 129 Å². The Labute approximate surface area is 456 Å². The van der Waals surface area contributed by atoms with Gasteiger partial charge >= 0.3 is 0 Å². The third kappa shape index (κ3) is 6.92. The Morgan fingerprint density at radius 2 is 1.16 bits per heavy atom. The third-order valence-electron chi connectivity index (χ3n) is 21.5. The molecule has 390 valence electrons. The summed E-state index contributed by atoms with van der Waals surface area (Å²) in [6.45, 7) is 39.7. The van der Waals surface area contributed by atoms with Gasteiger partial charge in [-0.15, -0.1) is 0 Å². The summed E-state index contributed by atoms with van der Waals surface area (Å²) in [6, 6.07) is 31.8. The highest BCUT2D eigenvalue weighted by molar-refractivity contribution is 6.95. The molecule has 3 nitrogen and oxygen atoms in total. The summed E-state index contributed by atoms with van der Waals surface area (Å²) in [5.41, 5.74) is 28.5. The first-order chi connectivity index (χ1) is 35.7. The third-order valence-corrected chi connectivity index (χ3v) is 21.5. The molecule has 5 aromatic carbocycles. The molecule has 1 saturated carbocycles. The summed E-state index contributed by atoms with van der Waals surface area (Å²) in [5.74, 6) is 1.04. The normalized spacial score (nSPS) is 24.7. The number of hydrogen-bond acceptors (Lipinski definition) is 3. The zero-order valence-corrected chi connectivity index (χ0v) is 49.1. The summed E-state index contributed by atoms with van der Waals surface area (Å²) >= 11 is 0. The van der Waals surface area contributed by atoms with Crippen molar-refractivity contribution in [2.24, 2.45) is 28.1 Å². The number of anilines is 4. The van der Waals surface area contributed by atoms with Crippen molar-refractivity contribution in [1.29, 1.82) is 0 Å². The van der Waals surface area contributed by atoms with Crippen molar-refractivity contribution in [2.75, 3.05) is 9.80 Å². The maximum atomic E-state index is 7.85. The van der Waals surface area contributed by atoms with Gasteiger partial charge in [-0.1, -0.05) is 157 Å². The van der Waals surface area contributed by atoms with Gasteiger partial charge in [0.2, 0.25) is 0 Å². The van der Waals surface area contributed by atoms with E-state index >= 15 is 0 Å². The van der Waals surface area contributed by atoms with Crippen LogP contribution in [0.2, 0.25) is 0 Å². The summed E-state index contributed by atoms with van der Waals surface area (Å²) in [4.78, 5) is 5.64. The quantitative estimate of drug-likeness (QED) is 0.165. The molecule has 14 rings (SSSR count). The Morgan fingerprint density at radius 1 is 0.566 bits per heavy atom. The molecule has 2 aliphatic heterocycles. The molecule has 0 N–H and O–H groups in total. The van der Waals surface area contributed by atoms with E-state index < -0.39 is 0 Å². The lowest BCUT2D eigenvalue weighted by molar-refractivity contribution is 0.253. The van der Waals surface area contributed by atoms with E-state index in [2.05, 4.69) is 212 Å². The molecule has 6 aliphatic carbocycles. The fourth-order valence-corrected chi connectivity index (χ4v) is 16.4. The van der Waals surface area contributed by atoms with Crippen LogP contribution in [0.3, 0.4) is 0 Å². The number of nitrogens with zero attached hydrogens (tertiary/aromatic N) is 2. The van der Waals surface area contributed by atoms with E-state index in [1.54, 1.807) is 11.1 Å². The lowest BCUT2D eigenvalue weighted by atomic mass is 9.34. The number of allylic oxidation sites excluding steroid dienone is 8. The van der Waals surface area contributed by atoms with Gasteiger partial charge in [0.1, 0.15) is 5.58 Å². The second kappa shape index (κ2) is 15.4. The van der Waals surface area contributed by atoms with Gasteiger partial charge < -0.3 is 14.2 Å². The summed E-state index contributed by atoms with van der Waals surface area (Å²) in [6.07, 6.45) is 15.8. The molecule has 4 heteroatoms. The molecule has 1 fully saturated rings. The van der Waals surface area contributed by atoms with E-state index in [1.165, 1.54) is 151 Å². The van der Waals surface area contributed by atoms with Crippen LogP contribution in [0.1, 0.15) is 189 Å². The van der Waals surface area contributed by atoms with Crippen LogP contribution in [0, 0.1) is 35.0 Å². The molecule has 0 spiro atoms. The monoisotopic (exact) mass is 1000 g/mol. The first kappa shape index (κ1) is 48.9. The van der Waals surface area contributed by atoms with E-state index in [4.69, 9.17) is 4.42 Å². The number of furan rings is 1. The van der Waals surface area contributed by atoms with Crippen molar-refractivity contribution in [2.45, 2.75) is 190 Å². The molecular weight excluding hydrogens is 920 g/mol. The molecular formula is C72H83BN2O. The van der Waals surface area contributed by atoms with Crippen molar-refractivity contribution < 1.29 is 4.42 Å². The smallest absolute Gasteiger partial charge is 0.296 e. The minimum atomic E-state index is -0.0673. The second-order valence-corrected chi connectivity index (χ2v) is 30.5. The second-order valence-electron chi connectivity index (χ2n) is 30.5. The zero-order valence-electron chi connectivity index (χ0n) is 49.1. The minimum absolute atomic E-state index is 0.0188. The van der Waals surface area contributed by atoms with Gasteiger partial charge in [0.25, 0.3) is 6.71 Å². The molecule has 1 aromatic heterocycles. The maximum absolute atomic E-state index is 7.85. The van der Waals surface area contributed by atoms with Gasteiger partial charge in [-0.3, -0.25) is 0 Å². The molecule has 2 unspecified atom stereocenters. The van der Waals surface area contributed by atoms with Crippen molar-refractivity contribution >= 4 is 62.3 Å².